The molecule has 19 heteroatoms. The summed E-state index contributed by atoms with van der Waals surface area (Å²) >= 11 is 42.4. The number of hydrogen-bond donors (Lipinski definition) is 2. The molecule has 0 bridgehead atoms. The molecule has 0 atom stereocenters. The fourth-order valence-electron chi connectivity index (χ4n) is 11.2. The number of carboxylic acid groups (broad SMARTS) is 2. The van der Waals surface area contributed by atoms with Crippen LogP contribution >= 0.6 is 81.2 Å². The first-order valence-corrected chi connectivity index (χ1v) is 30.9. The third kappa shape index (κ3) is 13.6. The Kier molecular flexibility index (Phi) is 20.8. The molecule has 0 spiro atoms. The maximum Gasteiger partial charge on any atom is 0.372 e. The number of hydrogen-bond acceptors (Lipinski definition) is 10. The monoisotopic (exact) mass is 1350 g/mol. The van der Waals surface area contributed by atoms with Crippen LogP contribution < -0.4 is 0 Å². The highest BCUT2D eigenvalue weighted by Crippen LogP contribution is 2.47. The fraction of sp³-hybridized carbons (Fsp3) is 0.197. The average molecular weight is 1350 g/mol. The van der Waals surface area contributed by atoms with Crippen molar-refractivity contribution in [2.75, 3.05) is 46.2 Å². The molecular weight excluding hydrogens is 1290 g/mol. The van der Waals surface area contributed by atoms with Crippen LogP contribution in [0.25, 0.3) is 0 Å². The van der Waals surface area contributed by atoms with E-state index in [1.807, 2.05) is 133 Å². The molecule has 3 saturated heterocycles. The van der Waals surface area contributed by atoms with Crippen molar-refractivity contribution in [3.63, 3.8) is 0 Å². The summed E-state index contributed by atoms with van der Waals surface area (Å²) in [5.74, 6) is -8.51. The number of rotatable bonds is 13. The summed E-state index contributed by atoms with van der Waals surface area (Å²) in [4.78, 5) is 37.4. The molecule has 462 valence electrons. The summed E-state index contributed by atoms with van der Waals surface area (Å²) < 4.78 is 41.9. The molecule has 9 aromatic carbocycles. The molecule has 0 unspecified atom stereocenters. The molecule has 90 heavy (non-hydrogen) atoms. The second-order valence-corrected chi connectivity index (χ2v) is 24.5. The van der Waals surface area contributed by atoms with Crippen LogP contribution in [0.2, 0.25) is 35.2 Å². The molecule has 12 nitrogen and oxygen atoms in total. The van der Waals surface area contributed by atoms with Gasteiger partial charge in [-0.2, -0.15) is 0 Å². The molecule has 12 rings (SSSR count). The van der Waals surface area contributed by atoms with E-state index in [1.165, 1.54) is 0 Å². The molecule has 0 aromatic heterocycles. The van der Waals surface area contributed by atoms with Gasteiger partial charge in [0.2, 0.25) is 0 Å². The van der Waals surface area contributed by atoms with Crippen LogP contribution in [-0.2, 0) is 81.1 Å². The summed E-state index contributed by atoms with van der Waals surface area (Å²) in [7, 11) is 0. The maximum absolute atomic E-state index is 13.0. The Hall–Kier alpha value is -6.82. The van der Waals surface area contributed by atoms with E-state index in [-0.39, 0.29) is 46.2 Å². The minimum Gasteiger partial charge on any atom is -0.477 e. The second kappa shape index (κ2) is 28.4. The van der Waals surface area contributed by atoms with Crippen LogP contribution in [0.1, 0.15) is 57.0 Å². The van der Waals surface area contributed by atoms with Crippen molar-refractivity contribution >= 4 is 99.1 Å². The maximum atomic E-state index is 13.0. The molecule has 0 radical (unpaired) electrons. The normalized spacial score (nSPS) is 17.4. The van der Waals surface area contributed by atoms with E-state index < -0.39 is 51.5 Å². The van der Waals surface area contributed by atoms with Gasteiger partial charge in [0.25, 0.3) is 17.4 Å². The summed E-state index contributed by atoms with van der Waals surface area (Å²) in [5, 5.41) is 23.9. The Morgan fingerprint density at radius 3 is 0.711 bits per heavy atom. The van der Waals surface area contributed by atoms with E-state index in [0.717, 1.165) is 33.4 Å². The lowest BCUT2D eigenvalue weighted by molar-refractivity contribution is -0.290. The van der Waals surface area contributed by atoms with Gasteiger partial charge in [-0.25, -0.2) is 14.4 Å². The number of benzene rings is 9. The fourth-order valence-corrected chi connectivity index (χ4v) is 12.0. The highest BCUT2D eigenvalue weighted by atomic mass is 35.5. The van der Waals surface area contributed by atoms with Crippen LogP contribution in [0, 0.1) is 0 Å². The summed E-state index contributed by atoms with van der Waals surface area (Å²) in [5.41, 5.74) is 4.95. The average Bonchev–Trinajstić information content (AvgIpc) is 0.830. The van der Waals surface area contributed by atoms with Gasteiger partial charge in [0.05, 0.1) is 62.5 Å². The quantitative estimate of drug-likeness (QED) is 0.106. The van der Waals surface area contributed by atoms with E-state index in [2.05, 4.69) is 0 Å². The first kappa shape index (κ1) is 66.1. The van der Waals surface area contributed by atoms with Crippen molar-refractivity contribution in [3.8, 4) is 0 Å². The molecule has 3 heterocycles. The Bertz CT molecular complexity index is 3740. The van der Waals surface area contributed by atoms with Crippen molar-refractivity contribution in [2.45, 2.75) is 40.5 Å². The lowest BCUT2D eigenvalue weighted by atomic mass is 9.75. The first-order valence-electron chi connectivity index (χ1n) is 28.2. The molecule has 0 aliphatic carbocycles. The number of carbonyl (C=O) groups excluding carboxylic acids is 1. The third-order valence-corrected chi connectivity index (χ3v) is 17.9. The zero-order valence-corrected chi connectivity index (χ0v) is 53.3. The van der Waals surface area contributed by atoms with Gasteiger partial charge in [-0.15, -0.1) is 0 Å². The minimum absolute atomic E-state index is 0.0746. The summed E-state index contributed by atoms with van der Waals surface area (Å²) in [6, 6.07) is 69.1. The van der Waals surface area contributed by atoms with Crippen LogP contribution in [0.3, 0.4) is 0 Å². The van der Waals surface area contributed by atoms with Crippen molar-refractivity contribution in [3.05, 3.63) is 316 Å². The van der Waals surface area contributed by atoms with E-state index in [9.17, 15) is 24.6 Å². The van der Waals surface area contributed by atoms with Gasteiger partial charge in [-0.3, -0.25) is 0 Å². The van der Waals surface area contributed by atoms with E-state index in [4.69, 9.17) is 114 Å². The number of carbonyl (C=O) groups is 3. The second-order valence-electron chi connectivity index (χ2n) is 21.4. The Balaban J connectivity index is 0.000000149. The van der Waals surface area contributed by atoms with E-state index in [0.29, 0.717) is 51.8 Å². The molecule has 3 fully saturated rings. The van der Waals surface area contributed by atoms with Gasteiger partial charge in [0.1, 0.15) is 0 Å². The van der Waals surface area contributed by atoms with Gasteiger partial charge in [-0.05, 0) is 125 Å². The zero-order chi connectivity index (χ0) is 63.7. The smallest absolute Gasteiger partial charge is 0.372 e. The van der Waals surface area contributed by atoms with Gasteiger partial charge in [-0.1, -0.05) is 227 Å². The first-order chi connectivity index (χ1) is 43.3. The number of ether oxygens (including phenoxy) is 7. The number of aliphatic carboxylic acids is 2. The zero-order valence-electron chi connectivity index (χ0n) is 48.0. The topological polar surface area (TPSA) is 156 Å². The number of halogens is 7. The van der Waals surface area contributed by atoms with Crippen molar-refractivity contribution in [2.24, 2.45) is 0 Å². The minimum atomic E-state index is -1.92. The largest absolute Gasteiger partial charge is 0.477 e. The predicted molar refractivity (Wildman–Crippen MR) is 348 cm³/mol. The Morgan fingerprint density at radius 2 is 0.500 bits per heavy atom. The molecule has 0 saturated carbocycles. The molecular formula is C71H57Cl7O12. The van der Waals surface area contributed by atoms with Gasteiger partial charge < -0.3 is 43.4 Å². The van der Waals surface area contributed by atoms with Crippen molar-refractivity contribution in [1.82, 2.24) is 0 Å². The third-order valence-electron chi connectivity index (χ3n) is 16.2. The molecule has 3 aliphatic heterocycles. The molecule has 3 aliphatic rings. The van der Waals surface area contributed by atoms with Crippen LogP contribution in [0.15, 0.2) is 231 Å². The summed E-state index contributed by atoms with van der Waals surface area (Å²) in [6.07, 6.45) is 0. The van der Waals surface area contributed by atoms with Crippen molar-refractivity contribution in [1.29, 1.82) is 0 Å². The lowest BCUT2D eigenvalue weighted by Gasteiger charge is -2.45. The van der Waals surface area contributed by atoms with Gasteiger partial charge in [0, 0.05) is 51.8 Å². The standard InChI is InChI=1S/C25H21Cl3O4.C23H17Cl3O4.C23H19ClO4/c1-2-30-23(29)25(19-7-13-22(28)14-8-19)31-15-24(16-32-25,17-3-9-20(26)10-4-17)18-5-11-21(27)12-6-18;24-18-7-1-15(2-8-18)22(16-3-9-19(25)10-4-16)13-29-23(21(27)28,30-14-22)17-5-11-20(26)12-6-17;24-20-13-11-19(12-14-20)23(21(25)26)27-15-22(16-28-23,17-7-3-1-4-8-17)18-9-5-2-6-10-18/h3-14H,2,15-16H2,1H3;1-12H,13-14H2,(H,27,28);1-14H,15-16H2,(H,25,26). The van der Waals surface area contributed by atoms with E-state index in [1.54, 1.807) is 104 Å². The van der Waals surface area contributed by atoms with E-state index >= 15 is 0 Å². The number of carboxylic acids is 2. The molecule has 2 N–H and O–H groups in total. The lowest BCUT2D eigenvalue weighted by Crippen LogP contribution is -2.55. The van der Waals surface area contributed by atoms with Crippen LogP contribution in [0.4, 0.5) is 0 Å². The van der Waals surface area contributed by atoms with Crippen molar-refractivity contribution < 1.29 is 57.8 Å². The Morgan fingerprint density at radius 1 is 0.311 bits per heavy atom. The van der Waals surface area contributed by atoms with Crippen LogP contribution in [0.5, 0.6) is 0 Å². The Labute approximate surface area is 555 Å². The molecule has 0 amide bonds. The highest BCUT2D eigenvalue weighted by molar-refractivity contribution is 6.32. The summed E-state index contributed by atoms with van der Waals surface area (Å²) in [6.45, 7) is 2.74. The molecule has 9 aromatic rings. The van der Waals surface area contributed by atoms with Gasteiger partial charge in [0.15, 0.2) is 0 Å². The predicted octanol–water partition coefficient (Wildman–Crippen LogP) is 16.9. The number of esters is 1. The SMILES string of the molecule is CCOC(=O)C1(c2ccc(Cl)cc2)OCC(c2ccc(Cl)cc2)(c2ccc(Cl)cc2)CO1.O=C(O)C1(c2ccc(Cl)cc2)OCC(c2ccc(Cl)cc2)(c2ccc(Cl)cc2)CO1.O=C(O)C1(c2ccc(Cl)cc2)OCC(c2ccccc2)(c2ccccc2)CO1. The van der Waals surface area contributed by atoms with Gasteiger partial charge >= 0.3 is 17.9 Å². The highest BCUT2D eigenvalue weighted by Gasteiger charge is 2.56. The van der Waals surface area contributed by atoms with Crippen LogP contribution in [-0.4, -0.2) is 74.4 Å².